The fraction of sp³-hybridized carbons (Fsp3) is 0.471. The van der Waals surface area contributed by atoms with Crippen LogP contribution in [0.5, 0.6) is 5.75 Å². The molecule has 1 aromatic rings. The average Bonchev–Trinajstić information content (AvgIpc) is 2.51. The van der Waals surface area contributed by atoms with Gasteiger partial charge in [0, 0.05) is 26.7 Å². The number of allylic oxidation sites excluding steroid dienone is 1. The SMILES string of the molecule is C/C=C/CCN=C(NCC)N(C)Cc1ccc(OC)cc1. The second-order valence-electron chi connectivity index (χ2n) is 4.80. The van der Waals surface area contributed by atoms with E-state index in [2.05, 4.69) is 53.5 Å². The lowest BCUT2D eigenvalue weighted by molar-refractivity contribution is 0.414. The van der Waals surface area contributed by atoms with Gasteiger partial charge in [-0.3, -0.25) is 4.99 Å². The lowest BCUT2D eigenvalue weighted by Gasteiger charge is -2.22. The van der Waals surface area contributed by atoms with E-state index in [9.17, 15) is 0 Å². The fourth-order valence-electron chi connectivity index (χ4n) is 1.96. The third kappa shape index (κ3) is 6.34. The molecule has 0 aliphatic carbocycles. The van der Waals surface area contributed by atoms with Crippen LogP contribution in [0.15, 0.2) is 41.4 Å². The predicted octanol–water partition coefficient (Wildman–Crippen LogP) is 3.06. The third-order valence-electron chi connectivity index (χ3n) is 3.07. The fourth-order valence-corrected chi connectivity index (χ4v) is 1.96. The number of guanidine groups is 1. The molecule has 1 N–H and O–H groups in total. The molecule has 0 aromatic heterocycles. The van der Waals surface area contributed by atoms with Crippen LogP contribution in [-0.2, 0) is 6.54 Å². The highest BCUT2D eigenvalue weighted by Gasteiger charge is 2.06. The lowest BCUT2D eigenvalue weighted by atomic mass is 10.2. The van der Waals surface area contributed by atoms with Crippen molar-refractivity contribution in [3.63, 3.8) is 0 Å². The minimum atomic E-state index is 0.805. The highest BCUT2D eigenvalue weighted by molar-refractivity contribution is 5.79. The smallest absolute Gasteiger partial charge is 0.193 e. The van der Waals surface area contributed by atoms with E-state index in [1.807, 2.05) is 19.1 Å². The molecule has 0 amide bonds. The molecular formula is C17H27N3O. The molecule has 0 saturated carbocycles. The Morgan fingerprint density at radius 3 is 2.62 bits per heavy atom. The number of methoxy groups -OCH3 is 1. The molecule has 0 aliphatic heterocycles. The van der Waals surface area contributed by atoms with Gasteiger partial charge in [-0.1, -0.05) is 24.3 Å². The highest BCUT2D eigenvalue weighted by Crippen LogP contribution is 2.12. The standard InChI is InChI=1S/C17H27N3O/c1-5-7-8-13-19-17(18-6-2)20(3)14-15-9-11-16(21-4)12-10-15/h5,7,9-12H,6,8,13-14H2,1-4H3,(H,18,19)/b7-5+. The van der Waals surface area contributed by atoms with Crippen LogP contribution in [0.4, 0.5) is 0 Å². The zero-order chi connectivity index (χ0) is 15.5. The van der Waals surface area contributed by atoms with E-state index < -0.39 is 0 Å². The summed E-state index contributed by atoms with van der Waals surface area (Å²) in [6.07, 6.45) is 5.17. The Bertz CT molecular complexity index is 452. The normalized spacial score (nSPS) is 11.7. The number of ether oxygens (including phenoxy) is 1. The summed E-state index contributed by atoms with van der Waals surface area (Å²) in [4.78, 5) is 6.78. The van der Waals surface area contributed by atoms with E-state index in [-0.39, 0.29) is 0 Å². The molecule has 0 unspecified atom stereocenters. The Morgan fingerprint density at radius 1 is 1.33 bits per heavy atom. The van der Waals surface area contributed by atoms with Crippen molar-refractivity contribution in [2.24, 2.45) is 4.99 Å². The highest BCUT2D eigenvalue weighted by atomic mass is 16.5. The van der Waals surface area contributed by atoms with Gasteiger partial charge < -0.3 is 15.0 Å². The van der Waals surface area contributed by atoms with Gasteiger partial charge in [-0.05, 0) is 38.0 Å². The first kappa shape index (κ1) is 17.1. The molecule has 0 fully saturated rings. The molecule has 0 bridgehead atoms. The van der Waals surface area contributed by atoms with Gasteiger partial charge in [0.05, 0.1) is 7.11 Å². The summed E-state index contributed by atoms with van der Waals surface area (Å²) < 4.78 is 5.18. The maximum atomic E-state index is 5.18. The zero-order valence-electron chi connectivity index (χ0n) is 13.6. The molecule has 1 aromatic carbocycles. The lowest BCUT2D eigenvalue weighted by Crippen LogP contribution is -2.38. The number of nitrogens with zero attached hydrogens (tertiary/aromatic N) is 2. The minimum absolute atomic E-state index is 0.805. The Hall–Kier alpha value is -1.97. The quantitative estimate of drug-likeness (QED) is 0.363. The topological polar surface area (TPSA) is 36.9 Å². The third-order valence-corrected chi connectivity index (χ3v) is 3.07. The van der Waals surface area contributed by atoms with Crippen LogP contribution in [0.2, 0.25) is 0 Å². The Labute approximate surface area is 128 Å². The number of nitrogens with one attached hydrogen (secondary N) is 1. The van der Waals surface area contributed by atoms with Gasteiger partial charge in [0.15, 0.2) is 5.96 Å². The molecule has 116 valence electrons. The maximum Gasteiger partial charge on any atom is 0.193 e. The van der Waals surface area contributed by atoms with Crippen molar-refractivity contribution in [2.45, 2.75) is 26.8 Å². The van der Waals surface area contributed by atoms with Crippen LogP contribution in [0.1, 0.15) is 25.8 Å². The summed E-state index contributed by atoms with van der Waals surface area (Å²) in [6.45, 7) is 6.61. The van der Waals surface area contributed by atoms with Crippen molar-refractivity contribution in [3.05, 3.63) is 42.0 Å². The molecule has 4 heteroatoms. The van der Waals surface area contributed by atoms with Gasteiger partial charge in [0.1, 0.15) is 5.75 Å². The van der Waals surface area contributed by atoms with E-state index in [0.717, 1.165) is 37.8 Å². The number of aliphatic imine (C=N–C) groups is 1. The van der Waals surface area contributed by atoms with Gasteiger partial charge in [-0.25, -0.2) is 0 Å². The maximum absolute atomic E-state index is 5.18. The van der Waals surface area contributed by atoms with E-state index in [4.69, 9.17) is 4.74 Å². The van der Waals surface area contributed by atoms with Gasteiger partial charge >= 0.3 is 0 Å². The summed E-state index contributed by atoms with van der Waals surface area (Å²) >= 11 is 0. The van der Waals surface area contributed by atoms with Gasteiger partial charge in [-0.15, -0.1) is 0 Å². The van der Waals surface area contributed by atoms with Crippen LogP contribution in [0.25, 0.3) is 0 Å². The molecule has 0 aliphatic rings. The van der Waals surface area contributed by atoms with Crippen molar-refractivity contribution in [3.8, 4) is 5.75 Å². The molecule has 1 rings (SSSR count). The van der Waals surface area contributed by atoms with Crippen molar-refractivity contribution < 1.29 is 4.74 Å². The molecule has 0 heterocycles. The first-order chi connectivity index (χ1) is 10.2. The largest absolute Gasteiger partial charge is 0.497 e. The predicted molar refractivity (Wildman–Crippen MR) is 89.9 cm³/mol. The first-order valence-corrected chi connectivity index (χ1v) is 7.44. The Balaban J connectivity index is 2.63. The van der Waals surface area contributed by atoms with E-state index >= 15 is 0 Å². The van der Waals surface area contributed by atoms with Crippen LogP contribution < -0.4 is 10.1 Å². The van der Waals surface area contributed by atoms with E-state index in [0.29, 0.717) is 0 Å². The monoisotopic (exact) mass is 289 g/mol. The zero-order valence-corrected chi connectivity index (χ0v) is 13.6. The Morgan fingerprint density at radius 2 is 2.05 bits per heavy atom. The second-order valence-corrected chi connectivity index (χ2v) is 4.80. The minimum Gasteiger partial charge on any atom is -0.497 e. The van der Waals surface area contributed by atoms with Crippen molar-refractivity contribution in [1.82, 2.24) is 10.2 Å². The Kier molecular flexibility index (Phi) is 8.02. The van der Waals surface area contributed by atoms with E-state index in [1.165, 1.54) is 5.56 Å². The number of benzene rings is 1. The summed E-state index contributed by atoms with van der Waals surface area (Å²) in [6, 6.07) is 8.13. The van der Waals surface area contributed by atoms with Crippen LogP contribution in [0, 0.1) is 0 Å². The summed E-state index contributed by atoms with van der Waals surface area (Å²) in [5.41, 5.74) is 1.23. The molecule has 0 radical (unpaired) electrons. The van der Waals surface area contributed by atoms with Gasteiger partial charge in [-0.2, -0.15) is 0 Å². The molecule has 0 atom stereocenters. The summed E-state index contributed by atoms with van der Waals surface area (Å²) in [5.74, 6) is 1.83. The van der Waals surface area contributed by atoms with Crippen molar-refractivity contribution in [1.29, 1.82) is 0 Å². The second kappa shape index (κ2) is 9.86. The van der Waals surface area contributed by atoms with Crippen molar-refractivity contribution >= 4 is 5.96 Å². The summed E-state index contributed by atoms with van der Waals surface area (Å²) in [5, 5.41) is 3.33. The average molecular weight is 289 g/mol. The number of hydrogen-bond donors (Lipinski definition) is 1. The van der Waals surface area contributed by atoms with Crippen LogP contribution in [0.3, 0.4) is 0 Å². The molecular weight excluding hydrogens is 262 g/mol. The number of rotatable bonds is 7. The summed E-state index contributed by atoms with van der Waals surface area (Å²) in [7, 11) is 3.74. The molecule has 4 nitrogen and oxygen atoms in total. The van der Waals surface area contributed by atoms with Crippen molar-refractivity contribution in [2.75, 3.05) is 27.2 Å². The van der Waals surface area contributed by atoms with Crippen LogP contribution in [-0.4, -0.2) is 38.1 Å². The molecule has 0 saturated heterocycles. The molecule has 21 heavy (non-hydrogen) atoms. The van der Waals surface area contributed by atoms with Gasteiger partial charge in [0.2, 0.25) is 0 Å². The van der Waals surface area contributed by atoms with Gasteiger partial charge in [0.25, 0.3) is 0 Å². The number of hydrogen-bond acceptors (Lipinski definition) is 2. The molecule has 0 spiro atoms. The van der Waals surface area contributed by atoms with E-state index in [1.54, 1.807) is 7.11 Å². The van der Waals surface area contributed by atoms with Crippen LogP contribution >= 0.6 is 0 Å². The first-order valence-electron chi connectivity index (χ1n) is 7.44.